The number of benzene rings is 5. The predicted molar refractivity (Wildman–Crippen MR) is 207 cm³/mol. The van der Waals surface area contributed by atoms with Gasteiger partial charge in [-0.15, -0.1) is 0 Å². The van der Waals surface area contributed by atoms with Crippen LogP contribution in [-0.4, -0.2) is 0 Å². The Morgan fingerprint density at radius 2 is 0.917 bits per heavy atom. The maximum Gasteiger partial charge on any atom is -0.00990 e. The van der Waals surface area contributed by atoms with Gasteiger partial charge in [0.2, 0.25) is 0 Å². The molecule has 0 amide bonds. The van der Waals surface area contributed by atoms with Crippen LogP contribution in [0.4, 0.5) is 0 Å². The van der Waals surface area contributed by atoms with Crippen molar-refractivity contribution in [3.8, 4) is 44.5 Å². The van der Waals surface area contributed by atoms with Crippen molar-refractivity contribution in [1.82, 2.24) is 0 Å². The highest BCUT2D eigenvalue weighted by Gasteiger charge is 2.22. The van der Waals surface area contributed by atoms with Crippen LogP contribution in [0.25, 0.3) is 50.1 Å². The zero-order valence-electron chi connectivity index (χ0n) is 27.4. The maximum atomic E-state index is 4.31. The van der Waals surface area contributed by atoms with E-state index in [2.05, 4.69) is 171 Å². The lowest BCUT2D eigenvalue weighted by Crippen LogP contribution is -2.03. The van der Waals surface area contributed by atoms with E-state index in [-0.39, 0.29) is 0 Å². The Morgan fingerprint density at radius 1 is 0.458 bits per heavy atom. The molecule has 0 nitrogen and oxygen atoms in total. The van der Waals surface area contributed by atoms with Crippen molar-refractivity contribution in [2.45, 2.75) is 25.7 Å². The second-order valence-electron chi connectivity index (χ2n) is 12.3. The van der Waals surface area contributed by atoms with Gasteiger partial charge in [0.15, 0.2) is 0 Å². The maximum absolute atomic E-state index is 4.31. The molecule has 232 valence electrons. The minimum Gasteiger partial charge on any atom is -0.0984 e. The van der Waals surface area contributed by atoms with Crippen LogP contribution < -0.4 is 0 Å². The molecule has 0 unspecified atom stereocenters. The van der Waals surface area contributed by atoms with Crippen molar-refractivity contribution in [2.75, 3.05) is 0 Å². The quantitative estimate of drug-likeness (QED) is 0.145. The Balaban J connectivity index is 1.38. The summed E-state index contributed by atoms with van der Waals surface area (Å²) >= 11 is 0. The third-order valence-corrected chi connectivity index (χ3v) is 9.46. The topological polar surface area (TPSA) is 0 Å². The first kappa shape index (κ1) is 30.9. The van der Waals surface area contributed by atoms with Crippen LogP contribution in [0.5, 0.6) is 0 Å². The monoisotopic (exact) mass is 616 g/mol. The van der Waals surface area contributed by atoms with Gasteiger partial charge in [-0.05, 0) is 104 Å². The lowest BCUT2D eigenvalue weighted by atomic mass is 9.79. The van der Waals surface area contributed by atoms with Crippen LogP contribution in [0, 0.1) is 0 Å². The normalized spacial score (nSPS) is 14.7. The number of hydrogen-bond acceptors (Lipinski definition) is 0. The summed E-state index contributed by atoms with van der Waals surface area (Å²) in [6, 6.07) is 46.0. The molecular weight excluding hydrogens is 577 g/mol. The average molecular weight is 617 g/mol. The Hall–Kier alpha value is -5.72. The van der Waals surface area contributed by atoms with Crippen molar-refractivity contribution in [1.29, 1.82) is 0 Å². The molecule has 7 rings (SSSR count). The Labute approximate surface area is 285 Å². The highest BCUT2D eigenvalue weighted by molar-refractivity contribution is 5.99. The molecule has 0 bridgehead atoms. The summed E-state index contributed by atoms with van der Waals surface area (Å²) in [6.45, 7) is 8.56. The van der Waals surface area contributed by atoms with Crippen molar-refractivity contribution in [3.63, 3.8) is 0 Å². The van der Waals surface area contributed by atoms with Crippen LogP contribution in [0.15, 0.2) is 205 Å². The fourth-order valence-corrected chi connectivity index (χ4v) is 7.24. The zero-order chi connectivity index (χ0) is 32.7. The number of hydrogen-bond donors (Lipinski definition) is 0. The smallest absolute Gasteiger partial charge is 0.00990 e. The summed E-state index contributed by atoms with van der Waals surface area (Å²) in [5.41, 5.74) is 17.2. The van der Waals surface area contributed by atoms with Crippen LogP contribution in [0.1, 0.15) is 31.2 Å². The van der Waals surface area contributed by atoms with E-state index in [1.165, 1.54) is 72.4 Å². The SMILES string of the molecule is C=C/C(C1=CC=CCC1)=C(\C=C)C1=CCCC=C1c1ccccc1-c1ccccc1-c1ccccc1-c1ccccc1-c1ccccc1. The van der Waals surface area contributed by atoms with E-state index in [9.17, 15) is 0 Å². The van der Waals surface area contributed by atoms with Crippen molar-refractivity contribution in [2.24, 2.45) is 0 Å². The number of allylic oxidation sites excluding steroid dienone is 12. The van der Waals surface area contributed by atoms with Crippen LogP contribution in [-0.2, 0) is 0 Å². The van der Waals surface area contributed by atoms with Gasteiger partial charge < -0.3 is 0 Å². The highest BCUT2D eigenvalue weighted by atomic mass is 14.3. The van der Waals surface area contributed by atoms with Gasteiger partial charge in [0.1, 0.15) is 0 Å². The first-order valence-corrected chi connectivity index (χ1v) is 17.0. The lowest BCUT2D eigenvalue weighted by Gasteiger charge is -2.24. The minimum atomic E-state index is 1.01. The van der Waals surface area contributed by atoms with E-state index >= 15 is 0 Å². The fraction of sp³-hybridized carbons (Fsp3) is 0.0833. The van der Waals surface area contributed by atoms with E-state index < -0.39 is 0 Å². The van der Waals surface area contributed by atoms with Crippen molar-refractivity contribution < 1.29 is 0 Å². The summed E-state index contributed by atoms with van der Waals surface area (Å²) < 4.78 is 0. The van der Waals surface area contributed by atoms with Crippen molar-refractivity contribution >= 4 is 5.57 Å². The first-order chi connectivity index (χ1) is 23.8. The predicted octanol–water partition coefficient (Wildman–Crippen LogP) is 13.4. The van der Waals surface area contributed by atoms with Gasteiger partial charge in [-0.2, -0.15) is 0 Å². The van der Waals surface area contributed by atoms with Gasteiger partial charge in [0.05, 0.1) is 0 Å². The lowest BCUT2D eigenvalue weighted by molar-refractivity contribution is 0.973. The zero-order valence-corrected chi connectivity index (χ0v) is 27.4. The van der Waals surface area contributed by atoms with Gasteiger partial charge in [-0.3, -0.25) is 0 Å². The molecule has 5 aromatic rings. The Kier molecular flexibility index (Phi) is 9.25. The van der Waals surface area contributed by atoms with E-state index in [1.54, 1.807) is 0 Å². The van der Waals surface area contributed by atoms with E-state index in [0.717, 1.165) is 31.3 Å². The van der Waals surface area contributed by atoms with Crippen LogP contribution in [0.2, 0.25) is 0 Å². The summed E-state index contributed by atoms with van der Waals surface area (Å²) in [5.74, 6) is 0. The summed E-state index contributed by atoms with van der Waals surface area (Å²) in [4.78, 5) is 0. The fourth-order valence-electron chi connectivity index (χ4n) is 7.24. The molecule has 0 heteroatoms. The second-order valence-corrected chi connectivity index (χ2v) is 12.3. The van der Waals surface area contributed by atoms with Crippen LogP contribution in [0.3, 0.4) is 0 Å². The molecule has 48 heavy (non-hydrogen) atoms. The molecule has 0 saturated carbocycles. The third kappa shape index (κ3) is 6.06. The standard InChI is InChI=1S/C48H40/c1-3-37(35-21-7-5-8-22-35)38(4-2)40-26-13-14-28-42(40)44-30-17-18-32-46(44)48-34-20-19-33-47(48)45-31-16-15-29-43(45)41-27-12-11-25-39(41)36-23-9-6-10-24-36/h3-7,9-12,15-21,23-34H,1-2,8,13-14,22H2/b38-37-. The molecule has 0 saturated heterocycles. The van der Waals surface area contributed by atoms with Gasteiger partial charge >= 0.3 is 0 Å². The van der Waals surface area contributed by atoms with Gasteiger partial charge in [-0.25, -0.2) is 0 Å². The Bertz CT molecular complexity index is 2140. The van der Waals surface area contributed by atoms with Gasteiger partial charge in [0, 0.05) is 0 Å². The molecule has 0 heterocycles. The molecule has 0 aromatic heterocycles. The molecular formula is C48H40. The summed E-state index contributed by atoms with van der Waals surface area (Å²) in [6.07, 6.45) is 19.6. The average Bonchev–Trinajstić information content (AvgIpc) is 3.17. The molecule has 0 radical (unpaired) electrons. The van der Waals surface area contributed by atoms with Gasteiger partial charge in [-0.1, -0.05) is 183 Å². The van der Waals surface area contributed by atoms with E-state index in [4.69, 9.17) is 0 Å². The molecule has 0 N–H and O–H groups in total. The van der Waals surface area contributed by atoms with Crippen LogP contribution >= 0.6 is 0 Å². The molecule has 2 aliphatic carbocycles. The summed E-state index contributed by atoms with van der Waals surface area (Å²) in [5, 5.41) is 0. The largest absolute Gasteiger partial charge is 0.0984 e. The van der Waals surface area contributed by atoms with E-state index in [0.29, 0.717) is 0 Å². The molecule has 2 aliphatic rings. The Morgan fingerprint density at radius 3 is 1.44 bits per heavy atom. The van der Waals surface area contributed by atoms with E-state index in [1.807, 2.05) is 12.2 Å². The molecule has 0 atom stereocenters. The second kappa shape index (κ2) is 14.4. The molecule has 0 fully saturated rings. The first-order valence-electron chi connectivity index (χ1n) is 17.0. The van der Waals surface area contributed by atoms with Gasteiger partial charge in [0.25, 0.3) is 0 Å². The highest BCUT2D eigenvalue weighted by Crippen LogP contribution is 2.45. The third-order valence-electron chi connectivity index (χ3n) is 9.46. The number of rotatable bonds is 9. The summed E-state index contributed by atoms with van der Waals surface area (Å²) in [7, 11) is 0. The molecule has 5 aromatic carbocycles. The van der Waals surface area contributed by atoms with Crippen molar-refractivity contribution in [3.05, 3.63) is 211 Å². The molecule has 0 spiro atoms. The molecule has 0 aliphatic heterocycles. The minimum absolute atomic E-state index is 1.01.